The van der Waals surface area contributed by atoms with Crippen LogP contribution in [0.5, 0.6) is 0 Å². The predicted molar refractivity (Wildman–Crippen MR) is 79.0 cm³/mol. The van der Waals surface area contributed by atoms with E-state index in [0.29, 0.717) is 10.6 Å². The Morgan fingerprint density at radius 1 is 1.10 bits per heavy atom. The molecule has 5 heteroatoms. The van der Waals surface area contributed by atoms with E-state index in [1.54, 1.807) is 30.3 Å². The van der Waals surface area contributed by atoms with Gasteiger partial charge >= 0.3 is 0 Å². The number of hydrogen-bond donors (Lipinski definition) is 0. The van der Waals surface area contributed by atoms with Crippen molar-refractivity contribution in [1.29, 1.82) is 0 Å². The lowest BCUT2D eigenvalue weighted by molar-refractivity contribution is 0.102. The van der Waals surface area contributed by atoms with Gasteiger partial charge in [0, 0.05) is 10.6 Å². The molecule has 0 aliphatic rings. The average Bonchev–Trinajstić information content (AvgIpc) is 2.38. The van der Waals surface area contributed by atoms with E-state index in [9.17, 15) is 13.2 Å². The molecule has 0 fully saturated rings. The van der Waals surface area contributed by atoms with Gasteiger partial charge in [0.25, 0.3) is 0 Å². The van der Waals surface area contributed by atoms with Crippen LogP contribution < -0.4 is 0 Å². The van der Waals surface area contributed by atoms with Gasteiger partial charge < -0.3 is 0 Å². The second kappa shape index (κ2) is 5.77. The smallest absolute Gasteiger partial charge is 0.185 e. The molecule has 0 radical (unpaired) electrons. The first-order chi connectivity index (χ1) is 9.38. The molecule has 104 valence electrons. The second-order valence-corrected chi connectivity index (χ2v) is 6.94. The van der Waals surface area contributed by atoms with E-state index in [2.05, 4.69) is 0 Å². The molecule has 20 heavy (non-hydrogen) atoms. The molecule has 0 saturated heterocycles. The highest BCUT2D eigenvalue weighted by Crippen LogP contribution is 2.18. The summed E-state index contributed by atoms with van der Waals surface area (Å²) in [6, 6.07) is 12.8. The zero-order valence-electron chi connectivity index (χ0n) is 10.8. The largest absolute Gasteiger partial charge is 0.293 e. The van der Waals surface area contributed by atoms with Gasteiger partial charge in [-0.05, 0) is 31.2 Å². The lowest BCUT2D eigenvalue weighted by Crippen LogP contribution is -2.16. The summed E-state index contributed by atoms with van der Waals surface area (Å²) < 4.78 is 24.3. The predicted octanol–water partition coefficient (Wildman–Crippen LogP) is 3.31. The molecular formula is C15H13ClO3S. The molecular weight excluding hydrogens is 296 g/mol. The van der Waals surface area contributed by atoms with Crippen molar-refractivity contribution in [3.63, 3.8) is 0 Å². The van der Waals surface area contributed by atoms with E-state index in [4.69, 9.17) is 11.6 Å². The van der Waals surface area contributed by atoms with E-state index < -0.39 is 21.4 Å². The van der Waals surface area contributed by atoms with E-state index in [0.717, 1.165) is 5.56 Å². The Balaban J connectivity index is 2.27. The van der Waals surface area contributed by atoms with Gasteiger partial charge in [-0.1, -0.05) is 41.4 Å². The summed E-state index contributed by atoms with van der Waals surface area (Å²) in [5.74, 6) is -0.981. The third-order valence-corrected chi connectivity index (χ3v) is 4.67. The number of rotatable bonds is 4. The fourth-order valence-electron chi connectivity index (χ4n) is 1.82. The summed E-state index contributed by atoms with van der Waals surface area (Å²) in [4.78, 5) is 12.1. The first-order valence-corrected chi connectivity index (χ1v) is 8.00. The Hall–Kier alpha value is -1.65. The normalized spacial score (nSPS) is 11.3. The van der Waals surface area contributed by atoms with E-state index in [-0.39, 0.29) is 4.90 Å². The van der Waals surface area contributed by atoms with Crippen LogP contribution >= 0.6 is 11.6 Å². The van der Waals surface area contributed by atoms with Crippen LogP contribution in [-0.4, -0.2) is 20.0 Å². The summed E-state index contributed by atoms with van der Waals surface area (Å²) in [5, 5.41) is 0.328. The number of ketones is 1. The third-order valence-electron chi connectivity index (χ3n) is 2.82. The monoisotopic (exact) mass is 308 g/mol. The van der Waals surface area contributed by atoms with Crippen LogP contribution in [0.4, 0.5) is 0 Å². The Kier molecular flexibility index (Phi) is 4.26. The molecule has 0 amide bonds. The summed E-state index contributed by atoms with van der Waals surface area (Å²) in [6.45, 7) is 1.85. The Labute approximate surface area is 123 Å². The first kappa shape index (κ1) is 14.8. The summed E-state index contributed by atoms with van der Waals surface area (Å²) in [6.07, 6.45) is 0. The molecule has 0 aliphatic carbocycles. The maximum Gasteiger partial charge on any atom is 0.185 e. The molecule has 0 spiro atoms. The molecule has 2 aromatic carbocycles. The fourth-order valence-corrected chi connectivity index (χ4v) is 3.34. The van der Waals surface area contributed by atoms with Crippen LogP contribution in [0.3, 0.4) is 0 Å². The molecule has 0 N–H and O–H groups in total. The van der Waals surface area contributed by atoms with Crippen molar-refractivity contribution in [3.05, 3.63) is 64.7 Å². The average molecular weight is 309 g/mol. The first-order valence-electron chi connectivity index (χ1n) is 5.97. The number of aryl methyl sites for hydroxylation is 1. The topological polar surface area (TPSA) is 51.2 Å². The van der Waals surface area contributed by atoms with Crippen molar-refractivity contribution in [2.45, 2.75) is 11.8 Å². The number of halogens is 1. The van der Waals surface area contributed by atoms with Crippen molar-refractivity contribution in [2.24, 2.45) is 0 Å². The van der Waals surface area contributed by atoms with Crippen molar-refractivity contribution in [2.75, 3.05) is 5.75 Å². The highest BCUT2D eigenvalue weighted by atomic mass is 35.5. The molecule has 0 bridgehead atoms. The van der Waals surface area contributed by atoms with Crippen molar-refractivity contribution >= 4 is 27.2 Å². The van der Waals surface area contributed by atoms with E-state index >= 15 is 0 Å². The minimum Gasteiger partial charge on any atom is -0.293 e. The molecule has 0 saturated carbocycles. The SMILES string of the molecule is Cc1cccc(C(=O)CS(=O)(=O)c2cccc(Cl)c2)c1. The highest BCUT2D eigenvalue weighted by Gasteiger charge is 2.20. The summed E-state index contributed by atoms with van der Waals surface area (Å²) in [7, 11) is -3.68. The third kappa shape index (κ3) is 3.46. The van der Waals surface area contributed by atoms with Gasteiger partial charge in [0.2, 0.25) is 0 Å². The number of benzene rings is 2. The Bertz CT molecular complexity index is 751. The zero-order chi connectivity index (χ0) is 14.8. The van der Waals surface area contributed by atoms with Crippen molar-refractivity contribution < 1.29 is 13.2 Å². The van der Waals surface area contributed by atoms with Crippen LogP contribution in [0, 0.1) is 6.92 Å². The molecule has 2 rings (SSSR count). The van der Waals surface area contributed by atoms with Gasteiger partial charge in [0.05, 0.1) is 4.90 Å². The van der Waals surface area contributed by atoms with Gasteiger partial charge in [-0.3, -0.25) is 4.79 Å². The van der Waals surface area contributed by atoms with Gasteiger partial charge in [-0.2, -0.15) is 0 Å². The molecule has 2 aromatic rings. The number of carbonyl (C=O) groups is 1. The maximum atomic E-state index is 12.2. The van der Waals surface area contributed by atoms with Crippen LogP contribution in [0.2, 0.25) is 5.02 Å². The van der Waals surface area contributed by atoms with E-state index in [1.165, 1.54) is 12.1 Å². The number of Topliss-reactive ketones (excluding diaryl/α,β-unsaturated/α-hetero) is 1. The standard InChI is InChI=1S/C15H13ClO3S/c1-11-4-2-5-12(8-11)15(17)10-20(18,19)14-7-3-6-13(16)9-14/h2-9H,10H2,1H3. The fraction of sp³-hybridized carbons (Fsp3) is 0.133. The quantitative estimate of drug-likeness (QED) is 0.814. The van der Waals surface area contributed by atoms with Crippen LogP contribution in [-0.2, 0) is 9.84 Å². The molecule has 0 aliphatic heterocycles. The summed E-state index contributed by atoms with van der Waals surface area (Å²) in [5.41, 5.74) is 1.31. The molecule has 0 heterocycles. The van der Waals surface area contributed by atoms with Crippen molar-refractivity contribution in [1.82, 2.24) is 0 Å². The second-order valence-electron chi connectivity index (χ2n) is 4.51. The Morgan fingerprint density at radius 3 is 2.45 bits per heavy atom. The highest BCUT2D eigenvalue weighted by molar-refractivity contribution is 7.92. The number of hydrogen-bond acceptors (Lipinski definition) is 3. The lowest BCUT2D eigenvalue weighted by atomic mass is 10.1. The molecule has 0 atom stereocenters. The Morgan fingerprint density at radius 2 is 1.80 bits per heavy atom. The maximum absolute atomic E-state index is 12.2. The molecule has 3 nitrogen and oxygen atoms in total. The van der Waals surface area contributed by atoms with E-state index in [1.807, 2.05) is 13.0 Å². The lowest BCUT2D eigenvalue weighted by Gasteiger charge is -2.05. The summed E-state index contributed by atoms with van der Waals surface area (Å²) >= 11 is 5.78. The van der Waals surface area contributed by atoms with Gasteiger partial charge in [0.1, 0.15) is 5.75 Å². The van der Waals surface area contributed by atoms with Gasteiger partial charge in [0.15, 0.2) is 15.6 Å². The van der Waals surface area contributed by atoms with Crippen LogP contribution in [0.15, 0.2) is 53.4 Å². The minimum atomic E-state index is -3.68. The minimum absolute atomic E-state index is 0.0611. The number of carbonyl (C=O) groups excluding carboxylic acids is 1. The zero-order valence-corrected chi connectivity index (χ0v) is 12.4. The van der Waals surface area contributed by atoms with Crippen molar-refractivity contribution in [3.8, 4) is 0 Å². The van der Waals surface area contributed by atoms with Gasteiger partial charge in [-0.25, -0.2) is 8.42 Å². The number of sulfone groups is 1. The van der Waals surface area contributed by atoms with Crippen LogP contribution in [0.1, 0.15) is 15.9 Å². The molecule has 0 unspecified atom stereocenters. The van der Waals surface area contributed by atoms with Gasteiger partial charge in [-0.15, -0.1) is 0 Å². The molecule has 0 aromatic heterocycles. The van der Waals surface area contributed by atoms with Crippen LogP contribution in [0.25, 0.3) is 0 Å².